The summed E-state index contributed by atoms with van der Waals surface area (Å²) in [5.41, 5.74) is -0.328. The predicted octanol–water partition coefficient (Wildman–Crippen LogP) is 2.56. The summed E-state index contributed by atoms with van der Waals surface area (Å²) >= 11 is 0. The molecule has 2 aliphatic rings. The smallest absolute Gasteiger partial charge is 0.270 e. The molecule has 1 aromatic rings. The van der Waals surface area contributed by atoms with Gasteiger partial charge in [0.2, 0.25) is 0 Å². The van der Waals surface area contributed by atoms with Crippen molar-refractivity contribution in [3.05, 3.63) is 23.8 Å². The van der Waals surface area contributed by atoms with Crippen LogP contribution in [0.5, 0.6) is 0 Å². The number of aromatic nitrogens is 2. The molecule has 5 heteroatoms. The van der Waals surface area contributed by atoms with Gasteiger partial charge in [-0.2, -0.15) is 0 Å². The highest BCUT2D eigenvalue weighted by atomic mass is 16.3. The largest absolute Gasteiger partial charge is 0.388 e. The first-order valence-electron chi connectivity index (χ1n) is 8.50. The Labute approximate surface area is 131 Å². The molecule has 2 fully saturated rings. The number of hydrogen-bond acceptors (Lipinski definition) is 4. The summed E-state index contributed by atoms with van der Waals surface area (Å²) in [6.45, 7) is 0.314. The molecule has 0 atom stereocenters. The predicted molar refractivity (Wildman–Crippen MR) is 83.6 cm³/mol. The van der Waals surface area contributed by atoms with E-state index in [9.17, 15) is 9.90 Å². The summed E-state index contributed by atoms with van der Waals surface area (Å²) in [5.74, 6) is 0.984. The van der Waals surface area contributed by atoms with Crippen LogP contribution in [0.2, 0.25) is 0 Å². The summed E-state index contributed by atoms with van der Waals surface area (Å²) in [6, 6.07) is 1.65. The van der Waals surface area contributed by atoms with Gasteiger partial charge in [-0.3, -0.25) is 4.79 Å². The third kappa shape index (κ3) is 3.64. The highest BCUT2D eigenvalue weighted by Crippen LogP contribution is 2.32. The Morgan fingerprint density at radius 1 is 1.23 bits per heavy atom. The number of rotatable bonds is 4. The molecule has 0 aliphatic heterocycles. The lowest BCUT2D eigenvalue weighted by molar-refractivity contribution is 0.00521. The third-order valence-electron chi connectivity index (χ3n) is 4.99. The van der Waals surface area contributed by atoms with Crippen LogP contribution < -0.4 is 5.32 Å². The van der Waals surface area contributed by atoms with Gasteiger partial charge in [-0.1, -0.05) is 32.1 Å². The molecule has 1 aromatic heterocycles. The van der Waals surface area contributed by atoms with Crippen LogP contribution in [0, 0.1) is 0 Å². The standard InChI is InChI=1S/C17H25N3O2/c21-16(19-12-17(22)9-4-1-5-10-17)14-8-11-18-15(20-14)13-6-2-3-7-13/h8,11,13,22H,1-7,9-10,12H2,(H,19,21). The lowest BCUT2D eigenvalue weighted by Gasteiger charge is -2.32. The van der Waals surface area contributed by atoms with Crippen LogP contribution in [0.15, 0.2) is 12.3 Å². The zero-order valence-corrected chi connectivity index (χ0v) is 13.1. The van der Waals surface area contributed by atoms with E-state index < -0.39 is 5.60 Å². The van der Waals surface area contributed by atoms with Crippen molar-refractivity contribution in [2.45, 2.75) is 69.3 Å². The zero-order valence-electron chi connectivity index (χ0n) is 13.1. The van der Waals surface area contributed by atoms with E-state index >= 15 is 0 Å². The normalized spacial score (nSPS) is 21.7. The van der Waals surface area contributed by atoms with Gasteiger partial charge < -0.3 is 10.4 Å². The SMILES string of the molecule is O=C(NCC1(O)CCCCC1)c1ccnc(C2CCCC2)n1. The van der Waals surface area contributed by atoms with Crippen LogP contribution in [-0.2, 0) is 0 Å². The number of carbonyl (C=O) groups is 1. The molecule has 1 amide bonds. The lowest BCUT2D eigenvalue weighted by atomic mass is 9.85. The van der Waals surface area contributed by atoms with E-state index in [-0.39, 0.29) is 5.91 Å². The first-order chi connectivity index (χ1) is 10.7. The van der Waals surface area contributed by atoms with E-state index in [4.69, 9.17) is 0 Å². The molecule has 2 saturated carbocycles. The van der Waals surface area contributed by atoms with Crippen molar-refractivity contribution in [1.82, 2.24) is 15.3 Å². The van der Waals surface area contributed by atoms with Gasteiger partial charge in [0.1, 0.15) is 11.5 Å². The van der Waals surface area contributed by atoms with Crippen LogP contribution in [0.3, 0.4) is 0 Å². The lowest BCUT2D eigenvalue weighted by Crippen LogP contribution is -2.44. The minimum atomic E-state index is -0.741. The fourth-order valence-electron chi connectivity index (χ4n) is 3.60. The van der Waals surface area contributed by atoms with Crippen molar-refractivity contribution in [2.24, 2.45) is 0 Å². The van der Waals surface area contributed by atoms with Crippen LogP contribution in [0.4, 0.5) is 0 Å². The summed E-state index contributed by atoms with van der Waals surface area (Å²) in [4.78, 5) is 21.0. The highest BCUT2D eigenvalue weighted by Gasteiger charge is 2.30. The summed E-state index contributed by atoms with van der Waals surface area (Å²) in [6.07, 6.45) is 11.1. The molecule has 5 nitrogen and oxygen atoms in total. The molecule has 120 valence electrons. The zero-order chi connectivity index (χ0) is 15.4. The number of nitrogens with zero attached hydrogens (tertiary/aromatic N) is 2. The first-order valence-corrected chi connectivity index (χ1v) is 8.50. The quantitative estimate of drug-likeness (QED) is 0.896. The molecule has 0 aromatic carbocycles. The molecular weight excluding hydrogens is 278 g/mol. The Bertz CT molecular complexity index is 520. The van der Waals surface area contributed by atoms with E-state index in [1.807, 2.05) is 0 Å². The van der Waals surface area contributed by atoms with Crippen molar-refractivity contribution in [3.8, 4) is 0 Å². The maximum Gasteiger partial charge on any atom is 0.270 e. The fourth-order valence-corrected chi connectivity index (χ4v) is 3.60. The Morgan fingerprint density at radius 3 is 2.68 bits per heavy atom. The van der Waals surface area contributed by atoms with Crippen LogP contribution in [0.25, 0.3) is 0 Å². The first kappa shape index (κ1) is 15.4. The maximum absolute atomic E-state index is 12.3. The Kier molecular flexibility index (Phi) is 4.71. The molecule has 22 heavy (non-hydrogen) atoms. The molecule has 0 unspecified atom stereocenters. The number of nitrogens with one attached hydrogen (secondary N) is 1. The van der Waals surface area contributed by atoms with Crippen molar-refractivity contribution < 1.29 is 9.90 Å². The molecule has 3 rings (SSSR count). The van der Waals surface area contributed by atoms with E-state index in [0.29, 0.717) is 18.2 Å². The maximum atomic E-state index is 12.3. The van der Waals surface area contributed by atoms with Crippen LogP contribution in [0.1, 0.15) is 80.0 Å². The van der Waals surface area contributed by atoms with E-state index in [1.54, 1.807) is 12.3 Å². The molecule has 0 spiro atoms. The number of hydrogen-bond donors (Lipinski definition) is 2. The van der Waals surface area contributed by atoms with Gasteiger partial charge in [-0.05, 0) is 31.7 Å². The van der Waals surface area contributed by atoms with Gasteiger partial charge in [-0.15, -0.1) is 0 Å². The Balaban J connectivity index is 1.61. The fraction of sp³-hybridized carbons (Fsp3) is 0.706. The average molecular weight is 303 g/mol. The second-order valence-electron chi connectivity index (χ2n) is 6.75. The summed E-state index contributed by atoms with van der Waals surface area (Å²) in [7, 11) is 0. The topological polar surface area (TPSA) is 75.1 Å². The molecular formula is C17H25N3O2. The monoisotopic (exact) mass is 303 g/mol. The molecule has 0 bridgehead atoms. The van der Waals surface area contributed by atoms with Crippen LogP contribution >= 0.6 is 0 Å². The van der Waals surface area contributed by atoms with Gasteiger partial charge in [0.25, 0.3) is 5.91 Å². The third-order valence-corrected chi connectivity index (χ3v) is 4.99. The minimum Gasteiger partial charge on any atom is -0.388 e. The van der Waals surface area contributed by atoms with Crippen molar-refractivity contribution in [2.75, 3.05) is 6.54 Å². The minimum absolute atomic E-state index is 0.208. The number of carbonyl (C=O) groups excluding carboxylic acids is 1. The molecule has 1 heterocycles. The van der Waals surface area contributed by atoms with Gasteiger partial charge in [0.05, 0.1) is 5.60 Å². The highest BCUT2D eigenvalue weighted by molar-refractivity contribution is 5.92. The second-order valence-corrected chi connectivity index (χ2v) is 6.75. The van der Waals surface area contributed by atoms with Gasteiger partial charge >= 0.3 is 0 Å². The average Bonchev–Trinajstić information content (AvgIpc) is 3.08. The summed E-state index contributed by atoms with van der Waals surface area (Å²) < 4.78 is 0. The van der Waals surface area contributed by atoms with Crippen molar-refractivity contribution in [1.29, 1.82) is 0 Å². The number of amides is 1. The molecule has 0 saturated heterocycles. The van der Waals surface area contributed by atoms with E-state index in [2.05, 4.69) is 15.3 Å². The molecule has 0 radical (unpaired) electrons. The number of aliphatic hydroxyl groups is 1. The van der Waals surface area contributed by atoms with E-state index in [0.717, 1.165) is 44.3 Å². The van der Waals surface area contributed by atoms with Crippen molar-refractivity contribution in [3.63, 3.8) is 0 Å². The molecule has 2 aliphatic carbocycles. The van der Waals surface area contributed by atoms with E-state index in [1.165, 1.54) is 19.3 Å². The van der Waals surface area contributed by atoms with Crippen LogP contribution in [-0.4, -0.2) is 33.1 Å². The summed E-state index contributed by atoms with van der Waals surface area (Å²) in [5, 5.41) is 13.3. The molecule has 2 N–H and O–H groups in total. The second kappa shape index (κ2) is 6.73. The van der Waals surface area contributed by atoms with Gasteiger partial charge in [0.15, 0.2) is 0 Å². The van der Waals surface area contributed by atoms with Crippen molar-refractivity contribution >= 4 is 5.91 Å². The Morgan fingerprint density at radius 2 is 1.95 bits per heavy atom. The van der Waals surface area contributed by atoms with Gasteiger partial charge in [-0.25, -0.2) is 9.97 Å². The Hall–Kier alpha value is -1.49. The van der Waals surface area contributed by atoms with Gasteiger partial charge in [0, 0.05) is 18.7 Å².